The molecule has 1 N–H and O–H groups in total. The van der Waals surface area contributed by atoms with Gasteiger partial charge in [0.25, 0.3) is 5.56 Å². The van der Waals surface area contributed by atoms with Gasteiger partial charge in [-0.2, -0.15) is 13.2 Å². The number of alkyl halides is 3. The number of hydrogen-bond acceptors (Lipinski definition) is 3. The van der Waals surface area contributed by atoms with Gasteiger partial charge in [-0.15, -0.1) is 0 Å². The van der Waals surface area contributed by atoms with Crippen molar-refractivity contribution in [2.45, 2.75) is 19.0 Å². The average molecular weight is 297 g/mol. The van der Waals surface area contributed by atoms with Gasteiger partial charge in [-0.05, 0) is 44.0 Å². The molecule has 0 spiro atoms. The van der Waals surface area contributed by atoms with Crippen molar-refractivity contribution in [3.05, 3.63) is 46.0 Å². The second-order valence-corrected chi connectivity index (χ2v) is 5.29. The smallest absolute Gasteiger partial charge is 0.316 e. The van der Waals surface area contributed by atoms with Crippen LogP contribution in [0.5, 0.6) is 0 Å². The van der Waals surface area contributed by atoms with Crippen molar-refractivity contribution in [1.82, 2.24) is 14.7 Å². The van der Waals surface area contributed by atoms with E-state index in [1.54, 1.807) is 0 Å². The number of aromatic nitrogens is 2. The predicted octanol–water partition coefficient (Wildman–Crippen LogP) is 1.87. The van der Waals surface area contributed by atoms with E-state index < -0.39 is 17.3 Å². The van der Waals surface area contributed by atoms with Crippen molar-refractivity contribution >= 4 is 5.65 Å². The zero-order valence-corrected chi connectivity index (χ0v) is 11.2. The van der Waals surface area contributed by atoms with E-state index in [1.165, 1.54) is 12.1 Å². The van der Waals surface area contributed by atoms with Crippen LogP contribution in [0.1, 0.15) is 17.7 Å². The van der Waals surface area contributed by atoms with Gasteiger partial charge in [-0.1, -0.05) is 0 Å². The van der Waals surface area contributed by atoms with Crippen LogP contribution in [0.15, 0.2) is 29.2 Å². The van der Waals surface area contributed by atoms with Crippen LogP contribution in [0, 0.1) is 5.92 Å². The van der Waals surface area contributed by atoms with Crippen molar-refractivity contribution in [2.75, 3.05) is 13.1 Å². The first-order chi connectivity index (χ1) is 9.93. The number of halogens is 3. The number of fused-ring (bicyclic) bond motifs is 1. The maximum Gasteiger partial charge on any atom is 0.417 e. The standard InChI is InChI=1S/C14H14F3N3O/c15-14(16,17)10-1-2-12-19-11(5-9-3-4-18-7-9)6-13(21)20(12)8-10/h1-2,6,8-9,18H,3-5,7H2. The molecule has 1 fully saturated rings. The highest BCUT2D eigenvalue weighted by molar-refractivity contribution is 5.40. The summed E-state index contributed by atoms with van der Waals surface area (Å²) in [5.41, 5.74) is -0.455. The van der Waals surface area contributed by atoms with Gasteiger partial charge in [-0.25, -0.2) is 4.98 Å². The molecule has 1 aliphatic rings. The summed E-state index contributed by atoms with van der Waals surface area (Å²) in [6.45, 7) is 1.83. The SMILES string of the molecule is O=c1cc(CC2CCNC2)nc2ccc(C(F)(F)F)cn12. The highest BCUT2D eigenvalue weighted by atomic mass is 19.4. The minimum atomic E-state index is -4.47. The lowest BCUT2D eigenvalue weighted by atomic mass is 10.0. The van der Waals surface area contributed by atoms with Crippen molar-refractivity contribution in [1.29, 1.82) is 0 Å². The average Bonchev–Trinajstić information content (AvgIpc) is 2.90. The van der Waals surface area contributed by atoms with Gasteiger partial charge >= 0.3 is 6.18 Å². The van der Waals surface area contributed by atoms with E-state index in [2.05, 4.69) is 10.3 Å². The van der Waals surface area contributed by atoms with Gasteiger partial charge in [0.15, 0.2) is 0 Å². The van der Waals surface area contributed by atoms with Crippen molar-refractivity contribution in [3.63, 3.8) is 0 Å². The van der Waals surface area contributed by atoms with Crippen molar-refractivity contribution in [2.24, 2.45) is 5.92 Å². The summed E-state index contributed by atoms with van der Waals surface area (Å²) < 4.78 is 38.9. The summed E-state index contributed by atoms with van der Waals surface area (Å²) >= 11 is 0. The largest absolute Gasteiger partial charge is 0.417 e. The topological polar surface area (TPSA) is 46.4 Å². The molecule has 7 heteroatoms. The lowest BCUT2D eigenvalue weighted by molar-refractivity contribution is -0.137. The van der Waals surface area contributed by atoms with Crippen LogP contribution in [-0.2, 0) is 12.6 Å². The second-order valence-electron chi connectivity index (χ2n) is 5.29. The fourth-order valence-corrected chi connectivity index (χ4v) is 2.61. The van der Waals surface area contributed by atoms with Crippen LogP contribution in [0.4, 0.5) is 13.2 Å². The predicted molar refractivity (Wildman–Crippen MR) is 71.1 cm³/mol. The first kappa shape index (κ1) is 14.1. The van der Waals surface area contributed by atoms with E-state index in [1.807, 2.05) is 0 Å². The fraction of sp³-hybridized carbons (Fsp3) is 0.429. The molecule has 0 radical (unpaired) electrons. The van der Waals surface area contributed by atoms with Crippen LogP contribution < -0.4 is 10.9 Å². The Morgan fingerprint density at radius 3 is 2.86 bits per heavy atom. The highest BCUT2D eigenvalue weighted by Crippen LogP contribution is 2.28. The third-order valence-electron chi connectivity index (χ3n) is 3.70. The normalized spacial score (nSPS) is 19.3. The Labute approximate surface area is 118 Å². The lowest BCUT2D eigenvalue weighted by Crippen LogP contribution is -2.19. The van der Waals surface area contributed by atoms with Gasteiger partial charge in [0.1, 0.15) is 5.65 Å². The molecular weight excluding hydrogens is 283 g/mol. The second kappa shape index (κ2) is 5.14. The van der Waals surface area contributed by atoms with E-state index in [0.717, 1.165) is 36.2 Å². The molecule has 1 saturated heterocycles. The Kier molecular flexibility index (Phi) is 3.44. The Morgan fingerprint density at radius 2 is 2.19 bits per heavy atom. The number of hydrogen-bond donors (Lipinski definition) is 1. The molecular formula is C14H14F3N3O. The summed E-state index contributed by atoms with van der Waals surface area (Å²) in [4.78, 5) is 16.3. The molecule has 21 heavy (non-hydrogen) atoms. The van der Waals surface area contributed by atoms with Crippen LogP contribution >= 0.6 is 0 Å². The number of rotatable bonds is 2. The molecule has 3 heterocycles. The molecule has 0 aromatic carbocycles. The highest BCUT2D eigenvalue weighted by Gasteiger charge is 2.31. The molecule has 1 aliphatic heterocycles. The Hall–Kier alpha value is -1.89. The van der Waals surface area contributed by atoms with E-state index in [9.17, 15) is 18.0 Å². The first-order valence-corrected chi connectivity index (χ1v) is 6.74. The molecule has 1 unspecified atom stereocenters. The van der Waals surface area contributed by atoms with Gasteiger partial charge in [0.05, 0.1) is 5.56 Å². The zero-order chi connectivity index (χ0) is 15.0. The summed E-state index contributed by atoms with van der Waals surface area (Å²) in [7, 11) is 0. The third kappa shape index (κ3) is 2.92. The summed E-state index contributed by atoms with van der Waals surface area (Å²) in [5.74, 6) is 0.425. The molecule has 0 aliphatic carbocycles. The van der Waals surface area contributed by atoms with E-state index in [-0.39, 0.29) is 5.65 Å². The van der Waals surface area contributed by atoms with Gasteiger partial charge in [0, 0.05) is 18.0 Å². The van der Waals surface area contributed by atoms with Gasteiger partial charge in [0.2, 0.25) is 0 Å². The molecule has 0 amide bonds. The zero-order valence-electron chi connectivity index (χ0n) is 11.2. The molecule has 2 aromatic rings. The van der Waals surface area contributed by atoms with E-state index in [0.29, 0.717) is 18.0 Å². The lowest BCUT2D eigenvalue weighted by Gasteiger charge is -2.10. The molecule has 0 saturated carbocycles. The number of nitrogens with zero attached hydrogens (tertiary/aromatic N) is 2. The number of nitrogens with one attached hydrogen (secondary N) is 1. The van der Waals surface area contributed by atoms with Gasteiger partial charge < -0.3 is 5.32 Å². The minimum absolute atomic E-state index is 0.247. The monoisotopic (exact) mass is 297 g/mol. The van der Waals surface area contributed by atoms with E-state index >= 15 is 0 Å². The summed E-state index contributed by atoms with van der Waals surface area (Å²) in [6.07, 6.45) is -1.98. The fourth-order valence-electron chi connectivity index (χ4n) is 2.61. The first-order valence-electron chi connectivity index (χ1n) is 6.74. The van der Waals surface area contributed by atoms with Crippen LogP contribution in [0.2, 0.25) is 0 Å². The maximum absolute atomic E-state index is 12.7. The molecule has 1 atom stereocenters. The Morgan fingerprint density at radius 1 is 1.38 bits per heavy atom. The van der Waals surface area contributed by atoms with Crippen LogP contribution in [-0.4, -0.2) is 22.5 Å². The molecule has 0 bridgehead atoms. The third-order valence-corrected chi connectivity index (χ3v) is 3.70. The minimum Gasteiger partial charge on any atom is -0.316 e. The maximum atomic E-state index is 12.7. The summed E-state index contributed by atoms with van der Waals surface area (Å²) in [5, 5.41) is 3.23. The molecule has 3 rings (SSSR count). The quantitative estimate of drug-likeness (QED) is 0.920. The van der Waals surface area contributed by atoms with E-state index in [4.69, 9.17) is 0 Å². The summed E-state index contributed by atoms with van der Waals surface area (Å²) in [6, 6.07) is 3.51. The molecule has 112 valence electrons. The molecule has 2 aromatic heterocycles. The van der Waals surface area contributed by atoms with Crippen LogP contribution in [0.25, 0.3) is 5.65 Å². The molecule has 4 nitrogen and oxygen atoms in total. The number of pyridine rings is 1. The van der Waals surface area contributed by atoms with Crippen molar-refractivity contribution in [3.8, 4) is 0 Å². The van der Waals surface area contributed by atoms with Crippen molar-refractivity contribution < 1.29 is 13.2 Å². The van der Waals surface area contributed by atoms with Crippen LogP contribution in [0.3, 0.4) is 0 Å². The Balaban J connectivity index is 1.98. The van der Waals surface area contributed by atoms with Gasteiger partial charge in [-0.3, -0.25) is 9.20 Å². The Bertz CT molecular complexity index is 717.